The number of fused-ring (bicyclic) bond motifs is 1. The maximum atomic E-state index is 12.5. The van der Waals surface area contributed by atoms with Gasteiger partial charge in [0.25, 0.3) is 5.56 Å². The molecule has 2 N–H and O–H groups in total. The number of rotatable bonds is 4. The van der Waals surface area contributed by atoms with Gasteiger partial charge in [0.05, 0.1) is 23.5 Å². The van der Waals surface area contributed by atoms with Crippen molar-refractivity contribution < 1.29 is 4.79 Å². The molecule has 1 aliphatic heterocycles. The van der Waals surface area contributed by atoms with Crippen LogP contribution < -0.4 is 10.9 Å². The zero-order chi connectivity index (χ0) is 15.5. The molecular weight excluding hydrogens is 280 g/mol. The second-order valence-corrected chi connectivity index (χ2v) is 5.53. The van der Waals surface area contributed by atoms with Crippen molar-refractivity contribution in [2.75, 3.05) is 13.1 Å². The molecule has 1 fully saturated rings. The fraction of sp³-hybridized carbons (Fsp3) is 0.438. The summed E-state index contributed by atoms with van der Waals surface area (Å²) in [6.45, 7) is 3.74. The molecule has 1 atom stereocenters. The van der Waals surface area contributed by atoms with Crippen LogP contribution in [0, 0.1) is 0 Å². The Hall–Kier alpha value is -2.21. The van der Waals surface area contributed by atoms with Crippen LogP contribution in [0.3, 0.4) is 0 Å². The van der Waals surface area contributed by atoms with Gasteiger partial charge in [0.2, 0.25) is 5.91 Å². The second-order valence-electron chi connectivity index (χ2n) is 5.53. The highest BCUT2D eigenvalue weighted by atomic mass is 16.2. The minimum Gasteiger partial charge on any atom is -0.334 e. The fourth-order valence-electron chi connectivity index (χ4n) is 2.85. The summed E-state index contributed by atoms with van der Waals surface area (Å²) in [4.78, 5) is 33.5. The average Bonchev–Trinajstić information content (AvgIpc) is 3.06. The van der Waals surface area contributed by atoms with Crippen LogP contribution in [-0.2, 0) is 11.3 Å². The molecular formula is C16H20N4O2. The van der Waals surface area contributed by atoms with E-state index >= 15 is 0 Å². The van der Waals surface area contributed by atoms with Gasteiger partial charge < -0.3 is 15.2 Å². The number of nitrogens with one attached hydrogen (secondary N) is 2. The summed E-state index contributed by atoms with van der Waals surface area (Å²) < 4.78 is 0. The van der Waals surface area contributed by atoms with Crippen LogP contribution in [0.5, 0.6) is 0 Å². The Labute approximate surface area is 128 Å². The molecule has 0 radical (unpaired) electrons. The highest BCUT2D eigenvalue weighted by molar-refractivity contribution is 5.82. The molecule has 116 valence electrons. The molecule has 1 aliphatic rings. The standard InChI is InChI=1S/C16H20N4O2/c1-2-20(16(22)13-8-5-9-17-13)10-14-18-12-7-4-3-6-11(12)15(21)19-14/h3-4,6-7,13,17H,2,5,8-10H2,1H3,(H,18,19,21)/t13-/m1/s1. The van der Waals surface area contributed by atoms with Gasteiger partial charge in [0.1, 0.15) is 5.82 Å². The van der Waals surface area contributed by atoms with Crippen LogP contribution in [0.4, 0.5) is 0 Å². The molecule has 1 amide bonds. The second kappa shape index (κ2) is 6.27. The molecule has 1 aromatic carbocycles. The zero-order valence-electron chi connectivity index (χ0n) is 12.6. The Kier molecular flexibility index (Phi) is 4.20. The van der Waals surface area contributed by atoms with Crippen molar-refractivity contribution in [3.8, 4) is 0 Å². The first kappa shape index (κ1) is 14.7. The first-order chi connectivity index (χ1) is 10.7. The predicted molar refractivity (Wildman–Crippen MR) is 84.5 cm³/mol. The van der Waals surface area contributed by atoms with Crippen molar-refractivity contribution >= 4 is 16.8 Å². The maximum absolute atomic E-state index is 12.5. The lowest BCUT2D eigenvalue weighted by atomic mass is 10.2. The summed E-state index contributed by atoms with van der Waals surface area (Å²) in [5.41, 5.74) is 0.492. The van der Waals surface area contributed by atoms with E-state index in [1.165, 1.54) is 0 Å². The van der Waals surface area contributed by atoms with Gasteiger partial charge >= 0.3 is 0 Å². The lowest BCUT2D eigenvalue weighted by molar-refractivity contribution is -0.133. The quantitative estimate of drug-likeness (QED) is 0.884. The van der Waals surface area contributed by atoms with E-state index in [9.17, 15) is 9.59 Å². The Balaban J connectivity index is 1.84. The molecule has 1 saturated heterocycles. The number of likely N-dealkylation sites (N-methyl/N-ethyl adjacent to an activating group) is 1. The molecule has 22 heavy (non-hydrogen) atoms. The first-order valence-electron chi connectivity index (χ1n) is 7.69. The topological polar surface area (TPSA) is 78.1 Å². The first-order valence-corrected chi connectivity index (χ1v) is 7.69. The van der Waals surface area contributed by atoms with Crippen LogP contribution in [0.25, 0.3) is 10.9 Å². The summed E-state index contributed by atoms with van der Waals surface area (Å²) in [6.07, 6.45) is 1.90. The number of hydrogen-bond acceptors (Lipinski definition) is 4. The van der Waals surface area contributed by atoms with E-state index in [1.807, 2.05) is 25.1 Å². The van der Waals surface area contributed by atoms with Gasteiger partial charge in [0, 0.05) is 6.54 Å². The van der Waals surface area contributed by atoms with Gasteiger partial charge in [-0.05, 0) is 38.4 Å². The normalized spacial score (nSPS) is 17.8. The molecule has 1 aromatic heterocycles. The van der Waals surface area contributed by atoms with Gasteiger partial charge in [-0.2, -0.15) is 0 Å². The molecule has 3 rings (SSSR count). The third-order valence-corrected chi connectivity index (χ3v) is 4.05. The molecule has 6 nitrogen and oxygen atoms in total. The van der Waals surface area contributed by atoms with Gasteiger partial charge in [-0.25, -0.2) is 4.98 Å². The van der Waals surface area contributed by atoms with Gasteiger partial charge in [-0.3, -0.25) is 9.59 Å². The molecule has 0 spiro atoms. The Morgan fingerprint density at radius 1 is 1.41 bits per heavy atom. The smallest absolute Gasteiger partial charge is 0.258 e. The minimum atomic E-state index is -0.164. The van der Waals surface area contributed by atoms with Crippen molar-refractivity contribution in [2.45, 2.75) is 32.4 Å². The number of para-hydroxylation sites is 1. The number of carbonyl (C=O) groups excluding carboxylic acids is 1. The van der Waals surface area contributed by atoms with Crippen molar-refractivity contribution in [2.24, 2.45) is 0 Å². The lowest BCUT2D eigenvalue weighted by Crippen LogP contribution is -2.43. The Bertz CT molecular complexity index is 734. The molecule has 2 aromatic rings. The number of aromatic amines is 1. The Morgan fingerprint density at radius 3 is 2.95 bits per heavy atom. The third kappa shape index (κ3) is 2.87. The Morgan fingerprint density at radius 2 is 2.23 bits per heavy atom. The summed E-state index contributed by atoms with van der Waals surface area (Å²) in [7, 11) is 0. The van der Waals surface area contributed by atoms with Gasteiger partial charge in [-0.1, -0.05) is 12.1 Å². The number of aromatic nitrogens is 2. The van der Waals surface area contributed by atoms with Gasteiger partial charge in [-0.15, -0.1) is 0 Å². The average molecular weight is 300 g/mol. The maximum Gasteiger partial charge on any atom is 0.258 e. The van der Waals surface area contributed by atoms with E-state index in [0.717, 1.165) is 19.4 Å². The fourth-order valence-corrected chi connectivity index (χ4v) is 2.85. The monoisotopic (exact) mass is 300 g/mol. The molecule has 0 saturated carbocycles. The van der Waals surface area contributed by atoms with E-state index in [0.29, 0.717) is 29.8 Å². The molecule has 2 heterocycles. The van der Waals surface area contributed by atoms with Crippen molar-refractivity contribution in [1.29, 1.82) is 0 Å². The zero-order valence-corrected chi connectivity index (χ0v) is 12.6. The number of carbonyl (C=O) groups is 1. The third-order valence-electron chi connectivity index (χ3n) is 4.05. The number of H-pyrrole nitrogens is 1. The molecule has 0 unspecified atom stereocenters. The van der Waals surface area contributed by atoms with Crippen LogP contribution >= 0.6 is 0 Å². The van der Waals surface area contributed by atoms with Crippen molar-refractivity contribution in [1.82, 2.24) is 20.2 Å². The van der Waals surface area contributed by atoms with E-state index in [-0.39, 0.29) is 17.5 Å². The number of nitrogens with zero attached hydrogens (tertiary/aromatic N) is 2. The molecule has 6 heteroatoms. The van der Waals surface area contributed by atoms with Crippen LogP contribution in [0.2, 0.25) is 0 Å². The molecule has 0 bridgehead atoms. The summed E-state index contributed by atoms with van der Waals surface area (Å²) in [5, 5.41) is 3.78. The van der Waals surface area contributed by atoms with Crippen LogP contribution in [0.15, 0.2) is 29.1 Å². The largest absolute Gasteiger partial charge is 0.334 e. The number of benzene rings is 1. The summed E-state index contributed by atoms with van der Waals surface area (Å²) in [6, 6.07) is 7.11. The highest BCUT2D eigenvalue weighted by Gasteiger charge is 2.26. The predicted octanol–water partition coefficient (Wildman–Crippen LogP) is 1.02. The minimum absolute atomic E-state index is 0.0795. The van der Waals surface area contributed by atoms with E-state index in [1.54, 1.807) is 11.0 Å². The summed E-state index contributed by atoms with van der Waals surface area (Å²) >= 11 is 0. The SMILES string of the molecule is CCN(Cc1nc2ccccc2c(=O)[nH]1)C(=O)[C@H]1CCCN1. The van der Waals surface area contributed by atoms with Crippen molar-refractivity contribution in [3.63, 3.8) is 0 Å². The van der Waals surface area contributed by atoms with Gasteiger partial charge in [0.15, 0.2) is 0 Å². The molecule has 0 aliphatic carbocycles. The highest BCUT2D eigenvalue weighted by Crippen LogP contribution is 2.11. The van der Waals surface area contributed by atoms with E-state index < -0.39 is 0 Å². The van der Waals surface area contributed by atoms with Crippen LogP contribution in [0.1, 0.15) is 25.6 Å². The lowest BCUT2D eigenvalue weighted by Gasteiger charge is -2.23. The summed E-state index contributed by atoms with van der Waals surface area (Å²) in [5.74, 6) is 0.604. The number of hydrogen-bond donors (Lipinski definition) is 2. The van der Waals surface area contributed by atoms with Crippen molar-refractivity contribution in [3.05, 3.63) is 40.4 Å². The van der Waals surface area contributed by atoms with Crippen LogP contribution in [-0.4, -0.2) is 39.9 Å². The number of amides is 1. The van der Waals surface area contributed by atoms with E-state index in [4.69, 9.17) is 0 Å². The van der Waals surface area contributed by atoms with E-state index in [2.05, 4.69) is 15.3 Å².